The van der Waals surface area contributed by atoms with Gasteiger partial charge in [-0.1, -0.05) is 110 Å². The van der Waals surface area contributed by atoms with Crippen molar-refractivity contribution >= 4 is 70.1 Å². The molecule has 2 aromatic heterocycles. The fourth-order valence-electron chi connectivity index (χ4n) is 6.45. The Hall–Kier alpha value is -4.08. The molecule has 0 unspecified atom stereocenters. The number of hydrogen-bond acceptors (Lipinski definition) is 0. The number of hydrogen-bond donors (Lipinski definition) is 0. The molecule has 44 heavy (non-hydrogen) atoms. The molecule has 0 amide bonds. The number of aromatic nitrogens is 2. The Bertz CT molecular complexity index is 2090. The van der Waals surface area contributed by atoms with E-state index >= 15 is 0 Å². The molecule has 0 bridgehead atoms. The first-order chi connectivity index (χ1) is 20.7. The van der Waals surface area contributed by atoms with Gasteiger partial charge in [0.15, 0.2) is 0 Å². The molecule has 7 rings (SSSR count). The molecule has 0 saturated heterocycles. The zero-order chi connectivity index (χ0) is 31.2. The fraction of sp³-hybridized carbons (Fsp3) is 0.189. The van der Waals surface area contributed by atoms with Gasteiger partial charge in [0.2, 0.25) is 0 Å². The van der Waals surface area contributed by atoms with Crippen molar-refractivity contribution in [3.8, 4) is 11.4 Å². The topological polar surface area (TPSA) is 9.86 Å². The van der Waals surface area contributed by atoms with Gasteiger partial charge in [0.25, 0.3) is 0 Å². The van der Waals surface area contributed by atoms with E-state index in [1.165, 1.54) is 22.5 Å². The second kappa shape index (κ2) is 9.71. The number of halogens is 3. The molecule has 7 aromatic rings. The average molecular weight is 621 g/mol. The van der Waals surface area contributed by atoms with Gasteiger partial charge in [-0.3, -0.25) is 0 Å². The highest BCUT2D eigenvalue weighted by Gasteiger charge is 2.32. The van der Waals surface area contributed by atoms with E-state index in [0.717, 1.165) is 43.6 Å². The summed E-state index contributed by atoms with van der Waals surface area (Å²) in [4.78, 5) is 0. The molecule has 0 spiro atoms. The summed E-state index contributed by atoms with van der Waals surface area (Å²) in [5.41, 5.74) is 3.98. The van der Waals surface area contributed by atoms with E-state index in [4.69, 9.17) is 0 Å². The first-order valence-corrected chi connectivity index (χ1v) is 22.0. The molecule has 0 aliphatic rings. The van der Waals surface area contributed by atoms with E-state index < -0.39 is 27.9 Å². The average Bonchev–Trinajstić information content (AvgIpc) is 3.48. The van der Waals surface area contributed by atoms with Crippen molar-refractivity contribution in [2.75, 3.05) is 0 Å². The Morgan fingerprint density at radius 3 is 1.23 bits per heavy atom. The molecular formula is C37H35F3N2Si2. The quantitative estimate of drug-likeness (QED) is 0.173. The number of alkyl halides is 3. The van der Waals surface area contributed by atoms with E-state index in [0.29, 0.717) is 11.4 Å². The number of benzene rings is 5. The molecule has 0 aliphatic carbocycles. The SMILES string of the molecule is C[Si](C)(C)c1ccc2c3ccccc3n(-c3cc(-n4c5ccccc5c5ccc([Si](C)(C)C)cc54)cc(C(F)(F)F)c3)c2c1. The van der Waals surface area contributed by atoms with Gasteiger partial charge in [0.05, 0.1) is 43.8 Å². The van der Waals surface area contributed by atoms with Gasteiger partial charge in [-0.2, -0.15) is 13.2 Å². The molecule has 0 fully saturated rings. The summed E-state index contributed by atoms with van der Waals surface area (Å²) >= 11 is 0. The normalized spacial score (nSPS) is 13.1. The molecule has 0 N–H and O–H groups in total. The molecule has 2 nitrogen and oxygen atoms in total. The maximum Gasteiger partial charge on any atom is 0.416 e. The Balaban J connectivity index is 1.61. The number of nitrogens with zero attached hydrogens (tertiary/aromatic N) is 2. The van der Waals surface area contributed by atoms with Crippen molar-refractivity contribution in [1.82, 2.24) is 9.13 Å². The molecule has 5 aromatic carbocycles. The van der Waals surface area contributed by atoms with Crippen molar-refractivity contribution in [2.24, 2.45) is 0 Å². The Morgan fingerprint density at radius 1 is 0.455 bits per heavy atom. The highest BCUT2D eigenvalue weighted by atomic mass is 28.3. The Morgan fingerprint density at radius 2 is 0.841 bits per heavy atom. The van der Waals surface area contributed by atoms with Crippen molar-refractivity contribution in [3.05, 3.63) is 109 Å². The lowest BCUT2D eigenvalue weighted by Gasteiger charge is -2.19. The predicted molar refractivity (Wildman–Crippen MR) is 186 cm³/mol. The van der Waals surface area contributed by atoms with Gasteiger partial charge < -0.3 is 9.13 Å². The van der Waals surface area contributed by atoms with Crippen LogP contribution in [0.2, 0.25) is 39.3 Å². The van der Waals surface area contributed by atoms with Crippen LogP contribution in [0.5, 0.6) is 0 Å². The molecule has 7 heteroatoms. The minimum absolute atomic E-state index is 0.501. The Labute approximate surface area is 257 Å². The van der Waals surface area contributed by atoms with Gasteiger partial charge in [-0.15, -0.1) is 0 Å². The zero-order valence-corrected chi connectivity index (χ0v) is 27.8. The fourth-order valence-corrected chi connectivity index (χ4v) is 8.75. The summed E-state index contributed by atoms with van der Waals surface area (Å²) in [6, 6.07) is 33.6. The molecule has 2 heterocycles. The Kier molecular flexibility index (Phi) is 6.33. The van der Waals surface area contributed by atoms with Gasteiger partial charge in [-0.25, -0.2) is 0 Å². The summed E-state index contributed by atoms with van der Waals surface area (Å²) < 4.78 is 48.2. The standard InChI is InChI=1S/C37H35F3N2Si2/c1-43(2,3)27-15-17-31-29-11-7-9-13-33(29)41(35(31)22-27)25-19-24(37(38,39)40)20-26(21-25)42-34-14-10-8-12-30(34)32-18-16-28(23-36(32)42)44(4,5)6/h7-23H,1-6H3. The summed E-state index contributed by atoms with van der Waals surface area (Å²) in [5, 5.41) is 6.67. The predicted octanol–water partition coefficient (Wildman–Crippen LogP) is 9.99. The first kappa shape index (κ1) is 28.7. The van der Waals surface area contributed by atoms with Crippen LogP contribution < -0.4 is 10.4 Å². The van der Waals surface area contributed by atoms with Crippen LogP contribution >= 0.6 is 0 Å². The van der Waals surface area contributed by atoms with Gasteiger partial charge in [0.1, 0.15) is 0 Å². The molecular weight excluding hydrogens is 586 g/mol. The summed E-state index contributed by atoms with van der Waals surface area (Å²) in [6.07, 6.45) is -4.52. The van der Waals surface area contributed by atoms with Crippen LogP contribution in [0.15, 0.2) is 103 Å². The molecule has 0 saturated carbocycles. The van der Waals surface area contributed by atoms with Gasteiger partial charge >= 0.3 is 6.18 Å². The van der Waals surface area contributed by atoms with Crippen LogP contribution in [0.1, 0.15) is 5.56 Å². The third kappa shape index (κ3) is 4.61. The van der Waals surface area contributed by atoms with E-state index in [1.807, 2.05) is 51.6 Å². The van der Waals surface area contributed by atoms with Crippen molar-refractivity contribution in [3.63, 3.8) is 0 Å². The highest BCUT2D eigenvalue weighted by molar-refractivity contribution is 6.89. The van der Waals surface area contributed by atoms with E-state index in [2.05, 4.69) is 87.8 Å². The summed E-state index contributed by atoms with van der Waals surface area (Å²) in [7, 11) is -3.39. The van der Waals surface area contributed by atoms with Crippen molar-refractivity contribution in [2.45, 2.75) is 45.5 Å². The number of para-hydroxylation sites is 2. The largest absolute Gasteiger partial charge is 0.416 e. The number of fused-ring (bicyclic) bond motifs is 6. The van der Waals surface area contributed by atoms with Crippen LogP contribution in [0, 0.1) is 0 Å². The maximum atomic E-state index is 14.7. The van der Waals surface area contributed by atoms with Gasteiger partial charge in [-0.05, 0) is 42.5 Å². The smallest absolute Gasteiger partial charge is 0.309 e. The van der Waals surface area contributed by atoms with E-state index in [-0.39, 0.29) is 0 Å². The monoisotopic (exact) mass is 620 g/mol. The van der Waals surface area contributed by atoms with Crippen LogP contribution in [-0.4, -0.2) is 25.3 Å². The molecule has 0 atom stereocenters. The number of rotatable bonds is 4. The maximum absolute atomic E-state index is 14.7. The molecule has 0 radical (unpaired) electrons. The lowest BCUT2D eigenvalue weighted by Crippen LogP contribution is -2.37. The van der Waals surface area contributed by atoms with Crippen molar-refractivity contribution < 1.29 is 13.2 Å². The van der Waals surface area contributed by atoms with Crippen LogP contribution in [0.3, 0.4) is 0 Å². The second-order valence-corrected chi connectivity index (χ2v) is 24.1. The van der Waals surface area contributed by atoms with Crippen LogP contribution in [0.4, 0.5) is 13.2 Å². The third-order valence-electron chi connectivity index (χ3n) is 8.83. The third-order valence-corrected chi connectivity index (χ3v) is 12.9. The minimum Gasteiger partial charge on any atom is -0.309 e. The highest BCUT2D eigenvalue weighted by Crippen LogP contribution is 2.39. The van der Waals surface area contributed by atoms with Gasteiger partial charge in [0, 0.05) is 32.9 Å². The van der Waals surface area contributed by atoms with Crippen LogP contribution in [-0.2, 0) is 6.18 Å². The second-order valence-electron chi connectivity index (χ2n) is 13.9. The lowest BCUT2D eigenvalue weighted by molar-refractivity contribution is -0.137. The summed E-state index contributed by atoms with van der Waals surface area (Å²) in [6.45, 7) is 13.8. The zero-order valence-electron chi connectivity index (χ0n) is 25.8. The first-order valence-electron chi connectivity index (χ1n) is 15.0. The van der Waals surface area contributed by atoms with Crippen LogP contribution in [0.25, 0.3) is 55.0 Å². The van der Waals surface area contributed by atoms with E-state index in [9.17, 15) is 13.2 Å². The van der Waals surface area contributed by atoms with E-state index in [1.54, 1.807) is 0 Å². The molecule has 222 valence electrons. The lowest BCUT2D eigenvalue weighted by atomic mass is 10.1. The molecule has 0 aliphatic heterocycles. The van der Waals surface area contributed by atoms with Crippen molar-refractivity contribution in [1.29, 1.82) is 0 Å². The summed E-state index contributed by atoms with van der Waals surface area (Å²) in [5.74, 6) is 0. The minimum atomic E-state index is -4.52.